The van der Waals surface area contributed by atoms with Gasteiger partial charge in [-0.1, -0.05) is 30.3 Å². The number of halogens is 1. The molecule has 0 aliphatic heterocycles. The number of carboxylic acids is 1. The standard InChI is InChI=1S/C11H7BrN2O3/c12-9-7(6-4-2-1-3-5-6)13-8(11(16)17)10(15)14-9/h1-5H,(H,14,15)(H,16,17). The fourth-order valence-electron chi connectivity index (χ4n) is 1.36. The van der Waals surface area contributed by atoms with Gasteiger partial charge in [-0.3, -0.25) is 4.79 Å². The van der Waals surface area contributed by atoms with Gasteiger partial charge < -0.3 is 10.1 Å². The molecule has 2 aromatic rings. The van der Waals surface area contributed by atoms with E-state index in [1.807, 2.05) is 6.07 Å². The van der Waals surface area contributed by atoms with E-state index < -0.39 is 17.2 Å². The second kappa shape index (κ2) is 4.50. The Hall–Kier alpha value is -1.95. The van der Waals surface area contributed by atoms with E-state index in [9.17, 15) is 9.59 Å². The molecule has 0 bridgehead atoms. The van der Waals surface area contributed by atoms with Crippen LogP contribution >= 0.6 is 15.9 Å². The monoisotopic (exact) mass is 294 g/mol. The molecule has 0 radical (unpaired) electrons. The molecule has 0 amide bonds. The topological polar surface area (TPSA) is 83.0 Å². The van der Waals surface area contributed by atoms with Gasteiger partial charge in [0, 0.05) is 5.56 Å². The normalized spacial score (nSPS) is 10.2. The highest BCUT2D eigenvalue weighted by Gasteiger charge is 2.15. The number of hydrogen-bond acceptors (Lipinski definition) is 3. The first-order valence-corrected chi connectivity index (χ1v) is 5.47. The van der Waals surface area contributed by atoms with E-state index in [1.54, 1.807) is 24.3 Å². The molecule has 0 saturated carbocycles. The average Bonchev–Trinajstić information content (AvgIpc) is 2.29. The summed E-state index contributed by atoms with van der Waals surface area (Å²) in [6.45, 7) is 0. The Bertz CT molecular complexity index is 622. The predicted molar refractivity (Wildman–Crippen MR) is 65.0 cm³/mol. The van der Waals surface area contributed by atoms with Gasteiger partial charge in [-0.05, 0) is 15.9 Å². The van der Waals surface area contributed by atoms with Crippen LogP contribution in [-0.2, 0) is 0 Å². The van der Waals surface area contributed by atoms with Crippen molar-refractivity contribution in [1.82, 2.24) is 9.97 Å². The fraction of sp³-hybridized carbons (Fsp3) is 0. The van der Waals surface area contributed by atoms with Crippen molar-refractivity contribution in [3.63, 3.8) is 0 Å². The van der Waals surface area contributed by atoms with E-state index in [-0.39, 0.29) is 0 Å². The first kappa shape index (κ1) is 11.5. The van der Waals surface area contributed by atoms with Gasteiger partial charge in [0.1, 0.15) is 10.3 Å². The van der Waals surface area contributed by atoms with E-state index in [4.69, 9.17) is 5.11 Å². The van der Waals surface area contributed by atoms with Crippen molar-refractivity contribution >= 4 is 21.9 Å². The molecule has 0 unspecified atom stereocenters. The molecule has 17 heavy (non-hydrogen) atoms. The average molecular weight is 295 g/mol. The van der Waals surface area contributed by atoms with Gasteiger partial charge in [-0.25, -0.2) is 9.78 Å². The van der Waals surface area contributed by atoms with Crippen molar-refractivity contribution in [2.45, 2.75) is 0 Å². The molecule has 1 aromatic carbocycles. The molecule has 2 rings (SSSR count). The van der Waals surface area contributed by atoms with E-state index in [2.05, 4.69) is 25.9 Å². The maximum atomic E-state index is 11.3. The highest BCUT2D eigenvalue weighted by Crippen LogP contribution is 2.22. The zero-order chi connectivity index (χ0) is 12.4. The number of hydrogen-bond donors (Lipinski definition) is 2. The van der Waals surface area contributed by atoms with Gasteiger partial charge in [-0.2, -0.15) is 0 Å². The van der Waals surface area contributed by atoms with E-state index in [1.165, 1.54) is 0 Å². The summed E-state index contributed by atoms with van der Waals surface area (Å²) in [6.07, 6.45) is 0. The Morgan fingerprint density at radius 3 is 2.53 bits per heavy atom. The minimum atomic E-state index is -1.35. The minimum Gasteiger partial charge on any atom is -0.476 e. The maximum absolute atomic E-state index is 11.3. The van der Waals surface area contributed by atoms with Gasteiger partial charge in [-0.15, -0.1) is 0 Å². The minimum absolute atomic E-state index is 0.360. The Morgan fingerprint density at radius 1 is 1.29 bits per heavy atom. The van der Waals surface area contributed by atoms with E-state index in [0.29, 0.717) is 10.3 Å². The van der Waals surface area contributed by atoms with Crippen LogP contribution in [0.1, 0.15) is 10.5 Å². The highest BCUT2D eigenvalue weighted by atomic mass is 79.9. The Kier molecular flexibility index (Phi) is 3.06. The van der Waals surface area contributed by atoms with Gasteiger partial charge in [0.05, 0.1) is 0 Å². The summed E-state index contributed by atoms with van der Waals surface area (Å²) >= 11 is 3.16. The van der Waals surface area contributed by atoms with Crippen molar-refractivity contribution < 1.29 is 9.90 Å². The van der Waals surface area contributed by atoms with E-state index >= 15 is 0 Å². The molecule has 0 atom stereocenters. The summed E-state index contributed by atoms with van der Waals surface area (Å²) in [5.74, 6) is -1.35. The number of H-pyrrole nitrogens is 1. The SMILES string of the molecule is O=C(O)c1nc(-c2ccccc2)c(Br)[nH]c1=O. The number of carbonyl (C=O) groups is 1. The molecule has 0 aliphatic rings. The summed E-state index contributed by atoms with van der Waals surface area (Å²) in [4.78, 5) is 28.4. The van der Waals surface area contributed by atoms with Gasteiger partial charge in [0.15, 0.2) is 0 Å². The molecule has 0 fully saturated rings. The summed E-state index contributed by atoms with van der Waals surface area (Å²) in [7, 11) is 0. The molecule has 0 spiro atoms. The molecule has 2 N–H and O–H groups in total. The zero-order valence-corrected chi connectivity index (χ0v) is 10.1. The van der Waals surface area contributed by atoms with Crippen molar-refractivity contribution in [2.75, 3.05) is 0 Å². The van der Waals surface area contributed by atoms with Crippen LogP contribution in [0.2, 0.25) is 0 Å². The molecule has 5 nitrogen and oxygen atoms in total. The number of aromatic amines is 1. The maximum Gasteiger partial charge on any atom is 0.360 e. The zero-order valence-electron chi connectivity index (χ0n) is 8.48. The van der Waals surface area contributed by atoms with Crippen molar-refractivity contribution in [3.05, 3.63) is 51.0 Å². The largest absolute Gasteiger partial charge is 0.476 e. The fourth-order valence-corrected chi connectivity index (χ4v) is 1.86. The van der Waals surface area contributed by atoms with Crippen molar-refractivity contribution in [2.24, 2.45) is 0 Å². The van der Waals surface area contributed by atoms with Crippen LogP contribution in [-0.4, -0.2) is 21.0 Å². The quantitative estimate of drug-likeness (QED) is 0.886. The lowest BCUT2D eigenvalue weighted by atomic mass is 10.1. The summed E-state index contributed by atoms with van der Waals surface area (Å²) in [5.41, 5.74) is -0.142. The number of nitrogens with zero attached hydrogens (tertiary/aromatic N) is 1. The summed E-state index contributed by atoms with van der Waals surface area (Å²) in [6, 6.07) is 8.99. The lowest BCUT2D eigenvalue weighted by Crippen LogP contribution is -2.20. The van der Waals surface area contributed by atoms with Crippen LogP contribution in [0.5, 0.6) is 0 Å². The van der Waals surface area contributed by atoms with Crippen LogP contribution in [0.4, 0.5) is 0 Å². The van der Waals surface area contributed by atoms with Crippen LogP contribution in [0.25, 0.3) is 11.3 Å². The number of benzene rings is 1. The Balaban J connectivity index is 2.67. The molecule has 1 aromatic heterocycles. The molecule has 0 saturated heterocycles. The lowest BCUT2D eigenvalue weighted by molar-refractivity contribution is 0.0688. The van der Waals surface area contributed by atoms with Gasteiger partial charge in [0.25, 0.3) is 5.56 Å². The third-order valence-corrected chi connectivity index (χ3v) is 2.69. The molecular formula is C11H7BrN2O3. The van der Waals surface area contributed by atoms with E-state index in [0.717, 1.165) is 5.56 Å². The first-order chi connectivity index (χ1) is 8.09. The first-order valence-electron chi connectivity index (χ1n) is 4.68. The Morgan fingerprint density at radius 2 is 1.94 bits per heavy atom. The lowest BCUT2D eigenvalue weighted by Gasteiger charge is -2.04. The van der Waals surface area contributed by atoms with Crippen LogP contribution in [0.3, 0.4) is 0 Å². The van der Waals surface area contributed by atoms with Gasteiger partial charge >= 0.3 is 5.97 Å². The molecule has 86 valence electrons. The molecule has 0 aliphatic carbocycles. The van der Waals surface area contributed by atoms with Crippen molar-refractivity contribution in [3.8, 4) is 11.3 Å². The second-order valence-electron chi connectivity index (χ2n) is 3.25. The number of rotatable bonds is 2. The second-order valence-corrected chi connectivity index (χ2v) is 4.04. The smallest absolute Gasteiger partial charge is 0.360 e. The third-order valence-electron chi connectivity index (χ3n) is 2.12. The summed E-state index contributed by atoms with van der Waals surface area (Å²) < 4.78 is 0.360. The van der Waals surface area contributed by atoms with Crippen LogP contribution in [0.15, 0.2) is 39.7 Å². The van der Waals surface area contributed by atoms with Crippen LogP contribution < -0.4 is 5.56 Å². The molecule has 1 heterocycles. The number of aromatic nitrogens is 2. The number of nitrogens with one attached hydrogen (secondary N) is 1. The van der Waals surface area contributed by atoms with Crippen molar-refractivity contribution in [1.29, 1.82) is 0 Å². The predicted octanol–water partition coefficient (Wildman–Crippen LogP) is 1.90. The highest BCUT2D eigenvalue weighted by molar-refractivity contribution is 9.10. The molecular weight excluding hydrogens is 288 g/mol. The summed E-state index contributed by atoms with van der Waals surface area (Å²) in [5, 5.41) is 8.83. The number of carboxylic acid groups (broad SMARTS) is 1. The van der Waals surface area contributed by atoms with Crippen LogP contribution in [0, 0.1) is 0 Å². The van der Waals surface area contributed by atoms with Gasteiger partial charge in [0.2, 0.25) is 5.69 Å². The third kappa shape index (κ3) is 2.26. The Labute approximate surface area is 104 Å². The number of aromatic carboxylic acids is 1. The molecule has 6 heteroatoms.